The molecular formula is C20H19N3O5S. The van der Waals surface area contributed by atoms with E-state index in [1.807, 2.05) is 48.5 Å². The third kappa shape index (κ3) is 4.52. The molecular weight excluding hydrogens is 394 g/mol. The second kappa shape index (κ2) is 8.54. The smallest absolute Gasteiger partial charge is 0.300 e. The van der Waals surface area contributed by atoms with Gasteiger partial charge in [-0.2, -0.15) is 4.98 Å². The Hall–Kier alpha value is -3.04. The van der Waals surface area contributed by atoms with Crippen LogP contribution < -0.4 is 15.0 Å². The first-order valence-electron chi connectivity index (χ1n) is 9.07. The summed E-state index contributed by atoms with van der Waals surface area (Å²) in [5.41, 5.74) is 2.34. The molecule has 2 N–H and O–H groups in total. The summed E-state index contributed by atoms with van der Waals surface area (Å²) in [5, 5.41) is 11.2. The van der Waals surface area contributed by atoms with Crippen molar-refractivity contribution in [3.05, 3.63) is 54.1 Å². The quantitative estimate of drug-likeness (QED) is 0.543. The van der Waals surface area contributed by atoms with Crippen molar-refractivity contribution in [2.45, 2.75) is 11.7 Å². The third-order valence-corrected chi connectivity index (χ3v) is 5.45. The van der Waals surface area contributed by atoms with Gasteiger partial charge < -0.3 is 14.3 Å². The van der Waals surface area contributed by atoms with E-state index < -0.39 is 0 Å². The lowest BCUT2D eigenvalue weighted by molar-refractivity contribution is -0.118. The van der Waals surface area contributed by atoms with E-state index in [9.17, 15) is 14.7 Å². The van der Waals surface area contributed by atoms with E-state index >= 15 is 0 Å². The normalized spacial score (nSPS) is 16.2. The number of hydrogen-bond acceptors (Lipinski definition) is 8. The van der Waals surface area contributed by atoms with Crippen LogP contribution in [-0.2, 0) is 11.2 Å². The molecule has 8 nitrogen and oxygen atoms in total. The minimum atomic E-state index is -0.385. The molecule has 2 amide bonds. The first kappa shape index (κ1) is 19.3. The topological polar surface area (TPSA) is 105 Å². The molecule has 0 bridgehead atoms. The Labute approximate surface area is 170 Å². The fraction of sp³-hybridized carbons (Fsp3) is 0.250. The zero-order chi connectivity index (χ0) is 20.2. The van der Waals surface area contributed by atoms with Gasteiger partial charge in [0.15, 0.2) is 5.58 Å². The Morgan fingerprint density at radius 2 is 1.97 bits per heavy atom. The number of carbonyl (C=O) groups is 2. The van der Waals surface area contributed by atoms with E-state index in [1.54, 1.807) is 4.90 Å². The second-order valence-electron chi connectivity index (χ2n) is 6.45. The van der Waals surface area contributed by atoms with Crippen LogP contribution in [0.3, 0.4) is 0 Å². The number of oxazole rings is 1. The predicted molar refractivity (Wildman–Crippen MR) is 109 cm³/mol. The summed E-state index contributed by atoms with van der Waals surface area (Å²) in [5.74, 6) is 0.424. The number of hydrogen-bond donors (Lipinski definition) is 2. The average Bonchev–Trinajstić information content (AvgIpc) is 3.29. The molecule has 1 aliphatic heterocycles. The van der Waals surface area contributed by atoms with Crippen LogP contribution in [0.15, 0.2) is 52.9 Å². The lowest BCUT2D eigenvalue weighted by Crippen LogP contribution is -2.29. The zero-order valence-electron chi connectivity index (χ0n) is 15.4. The number of carbonyl (C=O) groups excluding carboxylic acids is 2. The standard InChI is InChI=1S/C20H19N3O5S/c24-12-23(19-21-15-3-1-2-4-16(15)28-19)9-10-27-14-7-5-13(6-8-14)11-17-18(25)22-20(26)29-17/h1-8,17,24H,9-12H2,(H,22,25,26). The van der Waals surface area contributed by atoms with E-state index in [4.69, 9.17) is 9.15 Å². The molecule has 0 spiro atoms. The Balaban J connectivity index is 1.30. The highest BCUT2D eigenvalue weighted by Gasteiger charge is 2.31. The summed E-state index contributed by atoms with van der Waals surface area (Å²) in [6.07, 6.45) is 0.485. The van der Waals surface area contributed by atoms with Crippen LogP contribution in [0, 0.1) is 0 Å². The van der Waals surface area contributed by atoms with Crippen molar-refractivity contribution in [2.75, 3.05) is 24.8 Å². The van der Waals surface area contributed by atoms with Gasteiger partial charge in [0.1, 0.15) is 24.6 Å². The molecule has 9 heteroatoms. The summed E-state index contributed by atoms with van der Waals surface area (Å²) >= 11 is 1.02. The number of aliphatic hydroxyl groups is 1. The molecule has 150 valence electrons. The molecule has 2 aromatic carbocycles. The van der Waals surface area contributed by atoms with E-state index in [2.05, 4.69) is 10.3 Å². The van der Waals surface area contributed by atoms with Crippen molar-refractivity contribution < 1.29 is 23.8 Å². The summed E-state index contributed by atoms with van der Waals surface area (Å²) in [6, 6.07) is 15.1. The molecule has 1 aliphatic rings. The van der Waals surface area contributed by atoms with Crippen molar-refractivity contribution >= 4 is 40.0 Å². The molecule has 29 heavy (non-hydrogen) atoms. The molecule has 0 radical (unpaired) electrons. The monoisotopic (exact) mass is 413 g/mol. The van der Waals surface area contributed by atoms with Crippen LogP contribution in [-0.4, -0.2) is 46.4 Å². The number of thioether (sulfide) groups is 1. The molecule has 0 saturated carbocycles. The van der Waals surface area contributed by atoms with Crippen molar-refractivity contribution in [3.63, 3.8) is 0 Å². The SMILES string of the molecule is O=C1NC(=O)C(Cc2ccc(OCCN(CO)c3nc4ccccc4o3)cc2)S1. The van der Waals surface area contributed by atoms with Crippen LogP contribution in [0.1, 0.15) is 5.56 Å². The van der Waals surface area contributed by atoms with Gasteiger partial charge in [0.05, 0.1) is 11.8 Å². The first-order chi connectivity index (χ1) is 14.1. The van der Waals surface area contributed by atoms with Gasteiger partial charge >= 0.3 is 0 Å². The van der Waals surface area contributed by atoms with Gasteiger partial charge in [-0.25, -0.2) is 0 Å². The van der Waals surface area contributed by atoms with Crippen LogP contribution in [0.5, 0.6) is 5.75 Å². The molecule has 2 heterocycles. The summed E-state index contributed by atoms with van der Waals surface area (Å²) in [7, 11) is 0. The molecule has 1 aromatic heterocycles. The van der Waals surface area contributed by atoms with Gasteiger partial charge in [-0.3, -0.25) is 19.8 Å². The molecule has 0 aliphatic carbocycles. The van der Waals surface area contributed by atoms with Crippen LogP contribution in [0.2, 0.25) is 0 Å². The number of imide groups is 1. The highest BCUT2D eigenvalue weighted by atomic mass is 32.2. The number of aromatic nitrogens is 1. The molecule has 3 aromatic rings. The Kier molecular flexibility index (Phi) is 5.68. The summed E-state index contributed by atoms with van der Waals surface area (Å²) in [6.45, 7) is 0.481. The number of benzene rings is 2. The third-order valence-electron chi connectivity index (χ3n) is 4.47. The van der Waals surface area contributed by atoms with Crippen molar-refractivity contribution in [2.24, 2.45) is 0 Å². The van der Waals surface area contributed by atoms with Crippen LogP contribution in [0.25, 0.3) is 11.1 Å². The largest absolute Gasteiger partial charge is 0.492 e. The number of fused-ring (bicyclic) bond motifs is 1. The van der Waals surface area contributed by atoms with Gasteiger partial charge in [0.2, 0.25) is 5.91 Å². The number of nitrogens with one attached hydrogen (secondary N) is 1. The Morgan fingerprint density at radius 3 is 2.66 bits per heavy atom. The zero-order valence-corrected chi connectivity index (χ0v) is 16.2. The molecule has 1 fully saturated rings. The average molecular weight is 413 g/mol. The number of para-hydroxylation sites is 2. The predicted octanol–water partition coefficient (Wildman–Crippen LogP) is 2.56. The van der Waals surface area contributed by atoms with E-state index in [0.29, 0.717) is 36.9 Å². The lowest BCUT2D eigenvalue weighted by Gasteiger charge is -2.17. The van der Waals surface area contributed by atoms with Crippen molar-refractivity contribution in [1.82, 2.24) is 10.3 Å². The highest BCUT2D eigenvalue weighted by Crippen LogP contribution is 2.24. The van der Waals surface area contributed by atoms with Crippen LogP contribution >= 0.6 is 11.8 Å². The first-order valence-corrected chi connectivity index (χ1v) is 9.95. The Bertz CT molecular complexity index is 987. The lowest BCUT2D eigenvalue weighted by atomic mass is 10.1. The minimum absolute atomic E-state index is 0.241. The number of amides is 2. The van der Waals surface area contributed by atoms with E-state index in [1.165, 1.54) is 0 Å². The summed E-state index contributed by atoms with van der Waals surface area (Å²) in [4.78, 5) is 28.8. The minimum Gasteiger partial charge on any atom is -0.492 e. The number of ether oxygens (including phenoxy) is 1. The highest BCUT2D eigenvalue weighted by molar-refractivity contribution is 8.15. The number of anilines is 1. The molecule has 1 atom stereocenters. The fourth-order valence-electron chi connectivity index (χ4n) is 2.96. The molecule has 4 rings (SSSR count). The maximum Gasteiger partial charge on any atom is 0.300 e. The van der Waals surface area contributed by atoms with Gasteiger partial charge in [0.25, 0.3) is 11.3 Å². The number of nitrogens with zero attached hydrogens (tertiary/aromatic N) is 2. The molecule has 1 saturated heterocycles. The number of aliphatic hydroxyl groups excluding tert-OH is 1. The van der Waals surface area contributed by atoms with Gasteiger partial charge in [-0.05, 0) is 36.2 Å². The van der Waals surface area contributed by atoms with Crippen LogP contribution in [0.4, 0.5) is 10.8 Å². The molecule has 1 unspecified atom stereocenters. The second-order valence-corrected chi connectivity index (χ2v) is 7.62. The van der Waals surface area contributed by atoms with Gasteiger partial charge in [-0.1, -0.05) is 36.0 Å². The maximum absolute atomic E-state index is 11.6. The fourth-order valence-corrected chi connectivity index (χ4v) is 3.82. The maximum atomic E-state index is 11.6. The van der Waals surface area contributed by atoms with Gasteiger partial charge in [-0.15, -0.1) is 0 Å². The van der Waals surface area contributed by atoms with E-state index in [-0.39, 0.29) is 23.1 Å². The Morgan fingerprint density at radius 1 is 1.17 bits per heavy atom. The summed E-state index contributed by atoms with van der Waals surface area (Å²) < 4.78 is 11.4. The van der Waals surface area contributed by atoms with E-state index in [0.717, 1.165) is 22.8 Å². The van der Waals surface area contributed by atoms with Crippen molar-refractivity contribution in [1.29, 1.82) is 0 Å². The van der Waals surface area contributed by atoms with Crippen molar-refractivity contribution in [3.8, 4) is 5.75 Å². The van der Waals surface area contributed by atoms with Gasteiger partial charge in [0, 0.05) is 0 Å². The number of rotatable bonds is 8.